The predicted octanol–water partition coefficient (Wildman–Crippen LogP) is 1.89. The highest BCUT2D eigenvalue weighted by atomic mass is 16.2. The van der Waals surface area contributed by atoms with E-state index in [-0.39, 0.29) is 5.91 Å². The summed E-state index contributed by atoms with van der Waals surface area (Å²) in [7, 11) is 0. The zero-order valence-corrected chi connectivity index (χ0v) is 15.3. The first kappa shape index (κ1) is 18.2. The molecule has 2 aromatic rings. The molecule has 26 heavy (non-hydrogen) atoms. The number of aliphatic imine (C=N–C) groups is 1. The molecule has 6 heteroatoms. The highest BCUT2D eigenvalue weighted by Gasteiger charge is 2.30. The molecule has 0 saturated carbocycles. The summed E-state index contributed by atoms with van der Waals surface area (Å²) >= 11 is 0. The monoisotopic (exact) mass is 351 g/mol. The summed E-state index contributed by atoms with van der Waals surface area (Å²) in [6.07, 6.45) is 0.785. The van der Waals surface area contributed by atoms with Gasteiger partial charge in [-0.3, -0.25) is 14.8 Å². The second-order valence-electron chi connectivity index (χ2n) is 6.17. The molecule has 136 valence electrons. The molecule has 1 aromatic heterocycles. The van der Waals surface area contributed by atoms with Crippen LogP contribution in [0.2, 0.25) is 0 Å². The molecule has 0 saturated heterocycles. The van der Waals surface area contributed by atoms with Gasteiger partial charge < -0.3 is 15.5 Å². The van der Waals surface area contributed by atoms with Crippen LogP contribution in [0.5, 0.6) is 0 Å². The number of nitrogens with zero attached hydrogens (tertiary/aromatic N) is 4. The number of pyridine rings is 1. The lowest BCUT2D eigenvalue weighted by atomic mass is 10.0. The van der Waals surface area contributed by atoms with Crippen molar-refractivity contribution in [2.24, 2.45) is 10.7 Å². The topological polar surface area (TPSA) is 74.8 Å². The molecule has 3 rings (SSSR count). The first-order valence-electron chi connectivity index (χ1n) is 9.03. The molecule has 1 aliphatic heterocycles. The first-order valence-corrected chi connectivity index (χ1v) is 9.03. The number of nitrogens with two attached hydrogens (primary N) is 1. The minimum Gasteiger partial charge on any atom is -0.307 e. The Kier molecular flexibility index (Phi) is 5.75. The summed E-state index contributed by atoms with van der Waals surface area (Å²) in [5.41, 5.74) is 9.22. The van der Waals surface area contributed by atoms with Crippen molar-refractivity contribution in [3.63, 3.8) is 0 Å². The molecule has 1 aliphatic rings. The zero-order valence-electron chi connectivity index (χ0n) is 15.3. The summed E-state index contributed by atoms with van der Waals surface area (Å²) in [5, 5.41) is 0. The SMILES string of the molecule is CCN(CC)CCN1C(=O)C(N)N=C(c2ccccn2)c2ccccc21. The number of hydrogen-bond acceptors (Lipinski definition) is 5. The van der Waals surface area contributed by atoms with Crippen molar-refractivity contribution in [1.82, 2.24) is 9.88 Å². The number of rotatable bonds is 6. The number of carbonyl (C=O) groups excluding carboxylic acids is 1. The number of aromatic nitrogens is 1. The van der Waals surface area contributed by atoms with Gasteiger partial charge in [-0.25, -0.2) is 0 Å². The fourth-order valence-corrected chi connectivity index (χ4v) is 3.17. The standard InChI is InChI=1S/C20H25N5O/c1-3-24(4-2)13-14-25-17-11-6-5-9-15(17)18(23-19(21)20(25)26)16-10-7-8-12-22-16/h5-12,19H,3-4,13-14,21H2,1-2H3. The van der Waals surface area contributed by atoms with Gasteiger partial charge in [0.1, 0.15) is 0 Å². The van der Waals surface area contributed by atoms with Crippen molar-refractivity contribution in [2.75, 3.05) is 31.1 Å². The fourth-order valence-electron chi connectivity index (χ4n) is 3.17. The minimum absolute atomic E-state index is 0.185. The highest BCUT2D eigenvalue weighted by molar-refractivity contribution is 6.19. The van der Waals surface area contributed by atoms with Gasteiger partial charge in [0, 0.05) is 24.8 Å². The Hall–Kier alpha value is -2.57. The smallest absolute Gasteiger partial charge is 0.266 e. The molecule has 1 aromatic carbocycles. The fraction of sp³-hybridized carbons (Fsp3) is 0.350. The molecule has 1 amide bonds. The Labute approximate surface area is 154 Å². The van der Waals surface area contributed by atoms with Gasteiger partial charge in [0.15, 0.2) is 6.17 Å². The molecule has 1 atom stereocenters. The largest absolute Gasteiger partial charge is 0.307 e. The number of carbonyl (C=O) groups is 1. The van der Waals surface area contributed by atoms with Gasteiger partial charge in [0.2, 0.25) is 0 Å². The molecule has 0 radical (unpaired) electrons. The zero-order chi connectivity index (χ0) is 18.5. The minimum atomic E-state index is -0.934. The van der Waals surface area contributed by atoms with Gasteiger partial charge in [0.05, 0.1) is 17.1 Å². The van der Waals surface area contributed by atoms with Crippen LogP contribution in [-0.2, 0) is 4.79 Å². The number of fused-ring (bicyclic) bond motifs is 1. The first-order chi connectivity index (χ1) is 12.7. The third-order valence-electron chi connectivity index (χ3n) is 4.68. The van der Waals surface area contributed by atoms with E-state index in [2.05, 4.69) is 28.7 Å². The van der Waals surface area contributed by atoms with Crippen LogP contribution in [0.1, 0.15) is 25.1 Å². The van der Waals surface area contributed by atoms with E-state index in [1.54, 1.807) is 11.1 Å². The second kappa shape index (κ2) is 8.21. The van der Waals surface area contributed by atoms with E-state index in [0.717, 1.165) is 30.9 Å². The van der Waals surface area contributed by atoms with Gasteiger partial charge in [-0.2, -0.15) is 0 Å². The lowest BCUT2D eigenvalue weighted by molar-refractivity contribution is -0.119. The molecular weight excluding hydrogens is 326 g/mol. The Morgan fingerprint density at radius 1 is 1.12 bits per heavy atom. The summed E-state index contributed by atoms with van der Waals surface area (Å²) in [5.74, 6) is -0.185. The Morgan fingerprint density at radius 3 is 2.54 bits per heavy atom. The van der Waals surface area contributed by atoms with Crippen molar-refractivity contribution in [3.8, 4) is 0 Å². The van der Waals surface area contributed by atoms with E-state index in [1.807, 2.05) is 42.5 Å². The molecule has 0 aliphatic carbocycles. The Morgan fingerprint density at radius 2 is 1.85 bits per heavy atom. The van der Waals surface area contributed by atoms with Crippen molar-refractivity contribution in [3.05, 3.63) is 59.9 Å². The van der Waals surface area contributed by atoms with Crippen LogP contribution in [0.15, 0.2) is 53.7 Å². The molecule has 0 spiro atoms. The van der Waals surface area contributed by atoms with E-state index >= 15 is 0 Å². The maximum atomic E-state index is 12.9. The van der Waals surface area contributed by atoms with Crippen molar-refractivity contribution in [2.45, 2.75) is 20.0 Å². The predicted molar refractivity (Wildman–Crippen MR) is 104 cm³/mol. The summed E-state index contributed by atoms with van der Waals surface area (Å²) in [6.45, 7) is 7.50. The van der Waals surface area contributed by atoms with E-state index in [1.165, 1.54) is 0 Å². The van der Waals surface area contributed by atoms with Gasteiger partial charge in [-0.05, 0) is 31.3 Å². The van der Waals surface area contributed by atoms with Crippen LogP contribution in [-0.4, -0.2) is 53.8 Å². The quantitative estimate of drug-likeness (QED) is 0.862. The number of anilines is 1. The van der Waals surface area contributed by atoms with Crippen LogP contribution in [0.4, 0.5) is 5.69 Å². The van der Waals surface area contributed by atoms with Gasteiger partial charge >= 0.3 is 0 Å². The lowest BCUT2D eigenvalue weighted by Gasteiger charge is -2.27. The number of amides is 1. The van der Waals surface area contributed by atoms with E-state index < -0.39 is 6.17 Å². The molecule has 1 unspecified atom stereocenters. The molecule has 0 bridgehead atoms. The highest BCUT2D eigenvalue weighted by Crippen LogP contribution is 2.27. The van der Waals surface area contributed by atoms with Crippen LogP contribution in [0, 0.1) is 0 Å². The van der Waals surface area contributed by atoms with Gasteiger partial charge in [0.25, 0.3) is 5.91 Å². The number of hydrogen-bond donors (Lipinski definition) is 1. The summed E-state index contributed by atoms with van der Waals surface area (Å²) in [4.78, 5) is 25.9. The van der Waals surface area contributed by atoms with Crippen molar-refractivity contribution in [1.29, 1.82) is 0 Å². The lowest BCUT2D eigenvalue weighted by Crippen LogP contribution is -2.45. The normalized spacial score (nSPS) is 17.1. The third-order valence-corrected chi connectivity index (χ3v) is 4.68. The van der Waals surface area contributed by atoms with Crippen LogP contribution >= 0.6 is 0 Å². The molecule has 2 heterocycles. The van der Waals surface area contributed by atoms with Gasteiger partial charge in [-0.15, -0.1) is 0 Å². The summed E-state index contributed by atoms with van der Waals surface area (Å²) < 4.78 is 0. The van der Waals surface area contributed by atoms with E-state index in [9.17, 15) is 4.79 Å². The molecular formula is C20H25N5O. The van der Waals surface area contributed by atoms with Crippen molar-refractivity contribution >= 4 is 17.3 Å². The maximum Gasteiger partial charge on any atom is 0.266 e. The number of likely N-dealkylation sites (N-methyl/N-ethyl adjacent to an activating group) is 1. The number of benzodiazepines with no additional fused rings is 1. The molecule has 0 fully saturated rings. The molecule has 2 N–H and O–H groups in total. The Bertz CT molecular complexity index is 786. The average molecular weight is 351 g/mol. The Balaban J connectivity index is 2.02. The van der Waals surface area contributed by atoms with E-state index in [4.69, 9.17) is 5.73 Å². The van der Waals surface area contributed by atoms with Crippen LogP contribution < -0.4 is 10.6 Å². The van der Waals surface area contributed by atoms with Crippen LogP contribution in [0.3, 0.4) is 0 Å². The van der Waals surface area contributed by atoms with Crippen LogP contribution in [0.25, 0.3) is 0 Å². The second-order valence-corrected chi connectivity index (χ2v) is 6.17. The average Bonchev–Trinajstić information content (AvgIpc) is 2.79. The molecule has 6 nitrogen and oxygen atoms in total. The summed E-state index contributed by atoms with van der Waals surface area (Å²) in [6, 6.07) is 13.4. The number of para-hydroxylation sites is 1. The van der Waals surface area contributed by atoms with E-state index in [0.29, 0.717) is 18.0 Å². The maximum absolute atomic E-state index is 12.9. The van der Waals surface area contributed by atoms with Crippen molar-refractivity contribution < 1.29 is 4.79 Å². The number of benzene rings is 1. The third kappa shape index (κ3) is 3.66. The van der Waals surface area contributed by atoms with Gasteiger partial charge in [-0.1, -0.05) is 38.1 Å².